The second-order valence-electron chi connectivity index (χ2n) is 1.79. The Balaban J connectivity index is 3.01. The lowest BCUT2D eigenvalue weighted by Crippen LogP contribution is -1.97. The van der Waals surface area contributed by atoms with Gasteiger partial charge >= 0.3 is 0 Å². The van der Waals surface area contributed by atoms with Crippen molar-refractivity contribution in [3.05, 3.63) is 21.5 Å². The van der Waals surface area contributed by atoms with Crippen molar-refractivity contribution in [2.75, 3.05) is 0 Å². The van der Waals surface area contributed by atoms with Crippen molar-refractivity contribution >= 4 is 22.6 Å². The first-order valence-corrected chi connectivity index (χ1v) is 3.86. The van der Waals surface area contributed by atoms with Crippen LogP contribution in [0.5, 0.6) is 0 Å². The van der Waals surface area contributed by atoms with Crippen LogP contribution in [-0.2, 0) is 6.42 Å². The van der Waals surface area contributed by atoms with Crippen LogP contribution in [0, 0.1) is 21.1 Å². The van der Waals surface area contributed by atoms with Crippen molar-refractivity contribution in [3.8, 4) is 6.07 Å². The largest absolute Gasteiger partial charge is 0.231 e. The third-order valence-electron chi connectivity index (χ3n) is 1.05. The van der Waals surface area contributed by atoms with Crippen molar-refractivity contribution < 1.29 is 4.39 Å². The van der Waals surface area contributed by atoms with Gasteiger partial charge in [0.25, 0.3) is 0 Å². The fraction of sp³-hybridized carbons (Fsp3) is 0.167. The van der Waals surface area contributed by atoms with Crippen LogP contribution in [0.3, 0.4) is 0 Å². The first kappa shape index (κ1) is 8.33. The molecule has 0 aromatic carbocycles. The minimum Gasteiger partial charge on any atom is -0.231 e. The van der Waals surface area contributed by atoms with Crippen molar-refractivity contribution in [1.29, 1.82) is 5.26 Å². The molecule has 3 nitrogen and oxygen atoms in total. The Hall–Kier alpha value is -0.770. The summed E-state index contributed by atoms with van der Waals surface area (Å²) < 4.78 is 13.1. The smallest absolute Gasteiger partial charge is 0.221 e. The van der Waals surface area contributed by atoms with E-state index in [0.29, 0.717) is 3.83 Å². The Bertz CT molecular complexity index is 307. The molecule has 1 aromatic rings. The van der Waals surface area contributed by atoms with Gasteiger partial charge in [-0.1, -0.05) is 0 Å². The highest BCUT2D eigenvalue weighted by atomic mass is 127. The molecule has 1 aromatic heterocycles. The van der Waals surface area contributed by atoms with Crippen LogP contribution in [0.4, 0.5) is 4.39 Å². The molecule has 0 atom stereocenters. The maximum atomic E-state index is 12.7. The average molecular weight is 263 g/mol. The minimum atomic E-state index is -0.606. The van der Waals surface area contributed by atoms with Crippen LogP contribution < -0.4 is 0 Å². The summed E-state index contributed by atoms with van der Waals surface area (Å²) >= 11 is 1.81. The molecule has 0 bridgehead atoms. The van der Waals surface area contributed by atoms with Crippen LogP contribution in [0.25, 0.3) is 0 Å². The van der Waals surface area contributed by atoms with Gasteiger partial charge in [-0.25, -0.2) is 4.98 Å². The summed E-state index contributed by atoms with van der Waals surface area (Å²) in [5, 5.41) is 8.24. The number of halogens is 2. The summed E-state index contributed by atoms with van der Waals surface area (Å²) in [6, 6.07) is 1.82. The summed E-state index contributed by atoms with van der Waals surface area (Å²) in [7, 11) is 0. The number of aromatic nitrogens is 2. The van der Waals surface area contributed by atoms with Gasteiger partial charge in [0.05, 0.1) is 12.5 Å². The fourth-order valence-corrected chi connectivity index (χ4v) is 0.921. The van der Waals surface area contributed by atoms with E-state index in [-0.39, 0.29) is 12.0 Å². The molecular weight excluding hydrogens is 260 g/mol. The predicted octanol–water partition coefficient (Wildman–Crippen LogP) is 1.29. The van der Waals surface area contributed by atoms with Crippen molar-refractivity contribution in [2.45, 2.75) is 6.42 Å². The minimum absolute atomic E-state index is 0.0166. The lowest BCUT2D eigenvalue weighted by Gasteiger charge is -1.94. The number of hydrogen-bond donors (Lipinski definition) is 0. The Morgan fingerprint density at radius 2 is 2.45 bits per heavy atom. The monoisotopic (exact) mass is 263 g/mol. The van der Waals surface area contributed by atoms with Crippen LogP contribution in [0.15, 0.2) is 6.20 Å². The van der Waals surface area contributed by atoms with E-state index in [4.69, 9.17) is 5.26 Å². The van der Waals surface area contributed by atoms with E-state index in [1.807, 2.05) is 6.07 Å². The SMILES string of the molecule is N#CCc1cnc(I)nc1F. The molecule has 1 heterocycles. The van der Waals surface area contributed by atoms with E-state index in [2.05, 4.69) is 9.97 Å². The second kappa shape index (κ2) is 3.57. The van der Waals surface area contributed by atoms with Gasteiger partial charge < -0.3 is 0 Å². The van der Waals surface area contributed by atoms with E-state index >= 15 is 0 Å². The van der Waals surface area contributed by atoms with Gasteiger partial charge in [-0.05, 0) is 0 Å². The first-order valence-electron chi connectivity index (χ1n) is 2.78. The molecule has 11 heavy (non-hydrogen) atoms. The van der Waals surface area contributed by atoms with Gasteiger partial charge in [0.1, 0.15) is 0 Å². The quantitative estimate of drug-likeness (QED) is 0.435. The van der Waals surface area contributed by atoms with Crippen LogP contribution >= 0.6 is 22.6 Å². The van der Waals surface area contributed by atoms with E-state index in [1.165, 1.54) is 6.20 Å². The highest BCUT2D eigenvalue weighted by Gasteiger charge is 2.03. The van der Waals surface area contributed by atoms with Gasteiger partial charge in [0, 0.05) is 34.4 Å². The molecule has 0 spiro atoms. The molecule has 0 aliphatic heterocycles. The molecule has 0 radical (unpaired) electrons. The van der Waals surface area contributed by atoms with E-state index in [9.17, 15) is 4.39 Å². The molecule has 0 saturated heterocycles. The number of nitrogens with zero attached hydrogens (tertiary/aromatic N) is 3. The van der Waals surface area contributed by atoms with Crippen LogP contribution in [0.1, 0.15) is 5.56 Å². The Labute approximate surface area is 76.4 Å². The Morgan fingerprint density at radius 3 is 3.00 bits per heavy atom. The molecule has 0 saturated carbocycles. The van der Waals surface area contributed by atoms with Crippen LogP contribution in [-0.4, -0.2) is 9.97 Å². The van der Waals surface area contributed by atoms with E-state index in [0.717, 1.165) is 0 Å². The summed E-state index contributed by atoms with van der Waals surface area (Å²) in [5.74, 6) is -0.606. The molecule has 5 heteroatoms. The maximum Gasteiger partial charge on any atom is 0.221 e. The Morgan fingerprint density at radius 1 is 1.73 bits per heavy atom. The standard InChI is InChI=1S/C6H3FIN3/c7-5-4(1-2-9)3-10-6(8)11-5/h3H,1H2. The molecule has 0 N–H and O–H groups in total. The summed E-state index contributed by atoms with van der Waals surface area (Å²) in [4.78, 5) is 7.19. The van der Waals surface area contributed by atoms with E-state index in [1.54, 1.807) is 22.6 Å². The number of nitriles is 1. The molecule has 0 aliphatic rings. The lowest BCUT2D eigenvalue weighted by atomic mass is 10.3. The van der Waals surface area contributed by atoms with Gasteiger partial charge in [0.2, 0.25) is 5.95 Å². The lowest BCUT2D eigenvalue weighted by molar-refractivity contribution is 0.562. The van der Waals surface area contributed by atoms with Gasteiger partial charge in [-0.3, -0.25) is 0 Å². The molecular formula is C6H3FIN3. The molecule has 0 aliphatic carbocycles. The number of hydrogen-bond acceptors (Lipinski definition) is 3. The van der Waals surface area contributed by atoms with Gasteiger partial charge in [-0.15, -0.1) is 0 Å². The highest BCUT2D eigenvalue weighted by molar-refractivity contribution is 14.1. The molecule has 1 rings (SSSR count). The van der Waals surface area contributed by atoms with Gasteiger partial charge in [0.15, 0.2) is 3.83 Å². The van der Waals surface area contributed by atoms with Crippen molar-refractivity contribution in [3.63, 3.8) is 0 Å². The zero-order valence-corrected chi connectivity index (χ0v) is 7.54. The molecule has 0 fully saturated rings. The number of rotatable bonds is 1. The molecule has 0 unspecified atom stereocenters. The van der Waals surface area contributed by atoms with Crippen LogP contribution in [0.2, 0.25) is 0 Å². The topological polar surface area (TPSA) is 49.6 Å². The third-order valence-corrected chi connectivity index (χ3v) is 1.57. The maximum absolute atomic E-state index is 12.7. The molecule has 0 amide bonds. The van der Waals surface area contributed by atoms with E-state index < -0.39 is 5.95 Å². The Kier molecular flexibility index (Phi) is 2.70. The second-order valence-corrected chi connectivity index (χ2v) is 2.75. The first-order chi connectivity index (χ1) is 5.24. The predicted molar refractivity (Wildman–Crippen MR) is 44.0 cm³/mol. The van der Waals surface area contributed by atoms with Gasteiger partial charge in [-0.2, -0.15) is 14.6 Å². The third kappa shape index (κ3) is 2.08. The summed E-state index contributed by atoms with van der Waals surface area (Å²) in [6.07, 6.45) is 1.34. The summed E-state index contributed by atoms with van der Waals surface area (Å²) in [5.41, 5.74) is 0.243. The highest BCUT2D eigenvalue weighted by Crippen LogP contribution is 2.04. The van der Waals surface area contributed by atoms with Crippen molar-refractivity contribution in [1.82, 2.24) is 9.97 Å². The zero-order chi connectivity index (χ0) is 8.27. The fourth-order valence-electron chi connectivity index (χ4n) is 0.570. The zero-order valence-electron chi connectivity index (χ0n) is 5.38. The normalized spacial score (nSPS) is 9.18. The summed E-state index contributed by atoms with van der Waals surface area (Å²) in [6.45, 7) is 0. The molecule has 56 valence electrons. The average Bonchev–Trinajstić information content (AvgIpc) is 1.95. The van der Waals surface area contributed by atoms with Crippen molar-refractivity contribution in [2.24, 2.45) is 0 Å².